The third kappa shape index (κ3) is 5.28. The molecule has 2 N–H and O–H groups in total. The van der Waals surface area contributed by atoms with E-state index in [4.69, 9.17) is 0 Å². The lowest BCUT2D eigenvalue weighted by atomic mass is 10.1. The lowest BCUT2D eigenvalue weighted by molar-refractivity contribution is 0.193. The van der Waals surface area contributed by atoms with Gasteiger partial charge in [0.25, 0.3) is 0 Å². The van der Waals surface area contributed by atoms with E-state index in [0.29, 0.717) is 36.1 Å². The van der Waals surface area contributed by atoms with E-state index in [1.165, 1.54) is 23.5 Å². The number of anilines is 1. The van der Waals surface area contributed by atoms with Crippen LogP contribution < -0.4 is 10.0 Å². The summed E-state index contributed by atoms with van der Waals surface area (Å²) in [6, 6.07) is 5.40. The number of sulfonamides is 1. The lowest BCUT2D eigenvalue weighted by Gasteiger charge is -2.33. The molecule has 8 nitrogen and oxygen atoms in total. The Morgan fingerprint density at radius 1 is 1.17 bits per heavy atom. The molecule has 0 saturated carbocycles. The molecule has 2 aromatic rings. The quantitative estimate of drug-likeness (QED) is 0.759. The highest BCUT2D eigenvalue weighted by molar-refractivity contribution is 7.90. The number of benzene rings is 1. The van der Waals surface area contributed by atoms with Crippen molar-refractivity contribution in [3.63, 3.8) is 0 Å². The Morgan fingerprint density at radius 3 is 2.38 bits per heavy atom. The number of nitrogens with zero attached hydrogens (tertiary/aromatic N) is 3. The second-order valence-corrected chi connectivity index (χ2v) is 11.3. The second kappa shape index (κ2) is 8.33. The van der Waals surface area contributed by atoms with Gasteiger partial charge in [0.15, 0.2) is 0 Å². The van der Waals surface area contributed by atoms with Gasteiger partial charge in [0.2, 0.25) is 15.2 Å². The maximum atomic E-state index is 13.0. The summed E-state index contributed by atoms with van der Waals surface area (Å²) < 4.78 is 39.4. The largest absolute Gasteiger partial charge is 0.324 e. The van der Waals surface area contributed by atoms with Crippen molar-refractivity contribution in [3.8, 4) is 10.6 Å². The first kappa shape index (κ1) is 21.6. The average Bonchev–Trinajstić information content (AvgIpc) is 3.10. The number of rotatable bonds is 4. The van der Waals surface area contributed by atoms with Crippen molar-refractivity contribution in [2.45, 2.75) is 44.4 Å². The molecule has 1 saturated heterocycles. The standard InChI is InChI=1S/C18H24FN5O3S2/c1-18(2,3)29(26,27)23-14-8-10-24(11-9-14)17(25)20-16-22-21-15(28-16)12-4-6-13(19)7-5-12/h4-7,14,23H,8-11H2,1-3H3,(H,20,22,25). The Kier molecular flexibility index (Phi) is 6.20. The predicted molar refractivity (Wildman–Crippen MR) is 111 cm³/mol. The van der Waals surface area contributed by atoms with Gasteiger partial charge in [0.05, 0.1) is 4.75 Å². The van der Waals surface area contributed by atoms with Crippen molar-refractivity contribution in [2.75, 3.05) is 18.4 Å². The van der Waals surface area contributed by atoms with Gasteiger partial charge in [-0.05, 0) is 57.9 Å². The molecule has 0 bridgehead atoms. The summed E-state index contributed by atoms with van der Waals surface area (Å²) in [5.41, 5.74) is 0.719. The molecular weight excluding hydrogens is 417 g/mol. The molecule has 1 aliphatic heterocycles. The third-order valence-corrected chi connectivity index (χ3v) is 7.78. The monoisotopic (exact) mass is 441 g/mol. The zero-order valence-electron chi connectivity index (χ0n) is 16.5. The minimum Gasteiger partial charge on any atom is -0.324 e. The van der Waals surface area contributed by atoms with Gasteiger partial charge < -0.3 is 4.90 Å². The Hall–Kier alpha value is -2.11. The molecule has 1 aliphatic rings. The fraction of sp³-hybridized carbons (Fsp3) is 0.500. The summed E-state index contributed by atoms with van der Waals surface area (Å²) >= 11 is 1.20. The summed E-state index contributed by atoms with van der Waals surface area (Å²) in [6.45, 7) is 5.83. The summed E-state index contributed by atoms with van der Waals surface area (Å²) in [7, 11) is -3.42. The highest BCUT2D eigenvalue weighted by atomic mass is 32.2. The summed E-state index contributed by atoms with van der Waals surface area (Å²) in [4.78, 5) is 14.1. The number of piperidine rings is 1. The Morgan fingerprint density at radius 2 is 1.79 bits per heavy atom. The normalized spacial score (nSPS) is 16.1. The van der Waals surface area contributed by atoms with Crippen molar-refractivity contribution in [3.05, 3.63) is 30.1 Å². The third-order valence-electron chi connectivity index (χ3n) is 4.64. The molecule has 11 heteroatoms. The zero-order chi connectivity index (χ0) is 21.2. The van der Waals surface area contributed by atoms with Crippen LogP contribution in [0.15, 0.2) is 24.3 Å². The van der Waals surface area contributed by atoms with Gasteiger partial charge in [-0.1, -0.05) is 11.3 Å². The molecule has 0 unspecified atom stereocenters. The smallest absolute Gasteiger partial charge is 0.323 e. The second-order valence-electron chi connectivity index (χ2n) is 7.84. The van der Waals surface area contributed by atoms with Crippen molar-refractivity contribution in [1.82, 2.24) is 19.8 Å². The highest BCUT2D eigenvalue weighted by Crippen LogP contribution is 2.27. The number of aromatic nitrogens is 2. The molecular formula is C18H24FN5O3S2. The van der Waals surface area contributed by atoms with Crippen molar-refractivity contribution in [2.24, 2.45) is 0 Å². The molecule has 158 valence electrons. The zero-order valence-corrected chi connectivity index (χ0v) is 18.1. The molecule has 29 heavy (non-hydrogen) atoms. The number of likely N-dealkylation sites (tertiary alicyclic amines) is 1. The van der Waals surface area contributed by atoms with E-state index < -0.39 is 14.8 Å². The predicted octanol–water partition coefficient (Wildman–Crippen LogP) is 3.06. The molecule has 0 radical (unpaired) electrons. The molecule has 1 aromatic carbocycles. The first-order valence-electron chi connectivity index (χ1n) is 9.22. The number of carbonyl (C=O) groups excluding carboxylic acids is 1. The van der Waals surface area contributed by atoms with Crippen LogP contribution in [0.4, 0.5) is 14.3 Å². The van der Waals surface area contributed by atoms with Crippen LogP contribution in [0.2, 0.25) is 0 Å². The number of hydrogen-bond acceptors (Lipinski definition) is 6. The van der Waals surface area contributed by atoms with Crippen LogP contribution in [0.5, 0.6) is 0 Å². The number of hydrogen-bond donors (Lipinski definition) is 2. The van der Waals surface area contributed by atoms with Crippen LogP contribution in [0.25, 0.3) is 10.6 Å². The van der Waals surface area contributed by atoms with E-state index in [9.17, 15) is 17.6 Å². The van der Waals surface area contributed by atoms with Crippen LogP contribution in [-0.2, 0) is 10.0 Å². The Balaban J connectivity index is 1.53. The summed E-state index contributed by atoms with van der Waals surface area (Å²) in [6.07, 6.45) is 1.08. The summed E-state index contributed by atoms with van der Waals surface area (Å²) in [5, 5.41) is 11.6. The molecule has 1 fully saturated rings. The molecule has 0 atom stereocenters. The van der Waals surface area contributed by atoms with Gasteiger partial charge in [0.1, 0.15) is 10.8 Å². The van der Waals surface area contributed by atoms with Gasteiger partial charge in [-0.25, -0.2) is 22.3 Å². The van der Waals surface area contributed by atoms with E-state index in [-0.39, 0.29) is 17.9 Å². The van der Waals surface area contributed by atoms with Crippen LogP contribution in [0, 0.1) is 5.82 Å². The van der Waals surface area contributed by atoms with E-state index in [1.54, 1.807) is 37.8 Å². The van der Waals surface area contributed by atoms with E-state index in [0.717, 1.165) is 5.56 Å². The number of halogens is 1. The molecule has 0 aliphatic carbocycles. The number of nitrogens with one attached hydrogen (secondary N) is 2. The van der Waals surface area contributed by atoms with Crippen LogP contribution >= 0.6 is 11.3 Å². The fourth-order valence-corrected chi connectivity index (χ4v) is 4.52. The molecule has 2 amide bonds. The average molecular weight is 442 g/mol. The van der Waals surface area contributed by atoms with Crippen molar-refractivity contribution >= 4 is 32.5 Å². The first-order valence-corrected chi connectivity index (χ1v) is 11.5. The highest BCUT2D eigenvalue weighted by Gasteiger charge is 2.33. The van der Waals surface area contributed by atoms with E-state index in [2.05, 4.69) is 20.2 Å². The number of carbonyl (C=O) groups is 1. The molecule has 2 heterocycles. The van der Waals surface area contributed by atoms with Gasteiger partial charge in [0, 0.05) is 24.7 Å². The number of amides is 2. The molecule has 1 aromatic heterocycles. The maximum absolute atomic E-state index is 13.0. The van der Waals surface area contributed by atoms with E-state index >= 15 is 0 Å². The Labute approximate surface area is 173 Å². The Bertz CT molecular complexity index is 962. The minimum atomic E-state index is -3.42. The van der Waals surface area contributed by atoms with Crippen molar-refractivity contribution in [1.29, 1.82) is 0 Å². The maximum Gasteiger partial charge on any atom is 0.323 e. The topological polar surface area (TPSA) is 104 Å². The van der Waals surface area contributed by atoms with Gasteiger partial charge in [-0.3, -0.25) is 5.32 Å². The number of urea groups is 1. The fourth-order valence-electron chi connectivity index (χ4n) is 2.75. The lowest BCUT2D eigenvalue weighted by Crippen LogP contribution is -2.50. The molecule has 3 rings (SSSR count). The molecule has 0 spiro atoms. The van der Waals surface area contributed by atoms with Gasteiger partial charge >= 0.3 is 6.03 Å². The van der Waals surface area contributed by atoms with E-state index in [1.807, 2.05) is 0 Å². The van der Waals surface area contributed by atoms with Crippen LogP contribution in [-0.4, -0.2) is 53.4 Å². The van der Waals surface area contributed by atoms with Gasteiger partial charge in [-0.2, -0.15) is 0 Å². The minimum absolute atomic E-state index is 0.185. The first-order chi connectivity index (χ1) is 13.5. The van der Waals surface area contributed by atoms with Crippen molar-refractivity contribution < 1.29 is 17.6 Å². The van der Waals surface area contributed by atoms with Crippen LogP contribution in [0.1, 0.15) is 33.6 Å². The van der Waals surface area contributed by atoms with Gasteiger partial charge in [-0.15, -0.1) is 10.2 Å². The SMILES string of the molecule is CC(C)(C)S(=O)(=O)NC1CCN(C(=O)Nc2nnc(-c3ccc(F)cc3)s2)CC1. The summed E-state index contributed by atoms with van der Waals surface area (Å²) in [5.74, 6) is -0.333. The van der Waals surface area contributed by atoms with Crippen LogP contribution in [0.3, 0.4) is 0 Å².